The highest BCUT2D eigenvalue weighted by atomic mass is 35.5. The van der Waals surface area contributed by atoms with Crippen molar-refractivity contribution in [3.8, 4) is 0 Å². The Kier molecular flexibility index (Phi) is 3.77. The Balaban J connectivity index is 2.33. The number of nitrogens with one attached hydrogen (secondary N) is 1. The topological polar surface area (TPSA) is 55.9 Å². The van der Waals surface area contributed by atoms with Crippen molar-refractivity contribution in [3.63, 3.8) is 0 Å². The van der Waals surface area contributed by atoms with Crippen LogP contribution in [0.1, 0.15) is 19.0 Å². The van der Waals surface area contributed by atoms with E-state index in [2.05, 4.69) is 17.3 Å². The van der Waals surface area contributed by atoms with Gasteiger partial charge in [-0.3, -0.25) is 0 Å². The molecule has 0 fully saturated rings. The minimum Gasteiger partial charge on any atom is -0.394 e. The molecule has 0 aliphatic rings. The predicted octanol–water partition coefficient (Wildman–Crippen LogP) is 3.58. The van der Waals surface area contributed by atoms with Gasteiger partial charge < -0.3 is 11.1 Å². The second-order valence-corrected chi connectivity index (χ2v) is 4.64. The number of benzene rings is 1. The minimum atomic E-state index is 0.684. The third-order valence-electron chi connectivity index (χ3n) is 2.70. The monoisotopic (exact) mass is 264 g/mol. The Bertz CT molecular complexity index is 548. The second kappa shape index (κ2) is 5.31. The van der Waals surface area contributed by atoms with Crippen LogP contribution in [0.15, 0.2) is 24.3 Å². The number of nitrogens with two attached hydrogens (primary N) is 1. The molecule has 18 heavy (non-hydrogen) atoms. The van der Waals surface area contributed by atoms with E-state index in [-0.39, 0.29) is 0 Å². The molecule has 0 saturated carbocycles. The molecule has 5 heteroatoms. The maximum Gasteiger partial charge on any atom is 0.152 e. The van der Waals surface area contributed by atoms with Gasteiger partial charge in [0.05, 0.1) is 11.4 Å². The lowest BCUT2D eigenvalue weighted by atomic mass is 10.3. The molecule has 0 atom stereocenters. The van der Waals surface area contributed by atoms with Gasteiger partial charge in [0.25, 0.3) is 0 Å². The molecule has 3 N–H and O–H groups in total. The lowest BCUT2D eigenvalue weighted by molar-refractivity contribution is 0.605. The SMILES string of the molecule is CCCn1nc(C)c(N)c1Nc1cccc(Cl)c1. The molecule has 0 aliphatic carbocycles. The first-order chi connectivity index (χ1) is 8.61. The number of anilines is 3. The van der Waals surface area contributed by atoms with Crippen LogP contribution in [0.25, 0.3) is 0 Å². The van der Waals surface area contributed by atoms with Gasteiger partial charge >= 0.3 is 0 Å². The molecule has 1 heterocycles. The number of halogens is 1. The van der Waals surface area contributed by atoms with Crippen LogP contribution in [0.2, 0.25) is 5.02 Å². The largest absolute Gasteiger partial charge is 0.394 e. The van der Waals surface area contributed by atoms with Gasteiger partial charge in [0, 0.05) is 17.3 Å². The average Bonchev–Trinajstić information content (AvgIpc) is 2.58. The first-order valence-corrected chi connectivity index (χ1v) is 6.35. The Morgan fingerprint density at radius 2 is 2.22 bits per heavy atom. The molecule has 1 aromatic heterocycles. The molecule has 1 aromatic carbocycles. The van der Waals surface area contributed by atoms with Crippen molar-refractivity contribution < 1.29 is 0 Å². The van der Waals surface area contributed by atoms with Crippen LogP contribution in [0, 0.1) is 6.92 Å². The van der Waals surface area contributed by atoms with Gasteiger partial charge in [-0.2, -0.15) is 5.10 Å². The lowest BCUT2D eigenvalue weighted by Gasteiger charge is -2.10. The summed E-state index contributed by atoms with van der Waals surface area (Å²) in [4.78, 5) is 0. The van der Waals surface area contributed by atoms with E-state index < -0.39 is 0 Å². The number of aromatic nitrogens is 2. The smallest absolute Gasteiger partial charge is 0.152 e. The Hall–Kier alpha value is -1.68. The molecular weight excluding hydrogens is 248 g/mol. The van der Waals surface area contributed by atoms with Crippen LogP contribution in [-0.2, 0) is 6.54 Å². The van der Waals surface area contributed by atoms with E-state index in [4.69, 9.17) is 17.3 Å². The van der Waals surface area contributed by atoms with E-state index in [1.165, 1.54) is 0 Å². The predicted molar refractivity (Wildman–Crippen MR) is 76.4 cm³/mol. The summed E-state index contributed by atoms with van der Waals surface area (Å²) in [5, 5.41) is 8.38. The molecule has 2 aromatic rings. The van der Waals surface area contributed by atoms with Crippen LogP contribution >= 0.6 is 11.6 Å². The van der Waals surface area contributed by atoms with Gasteiger partial charge in [0.15, 0.2) is 5.82 Å². The minimum absolute atomic E-state index is 0.684. The highest BCUT2D eigenvalue weighted by Gasteiger charge is 2.12. The quantitative estimate of drug-likeness (QED) is 0.887. The molecule has 2 rings (SSSR count). The molecule has 0 aliphatic heterocycles. The molecule has 4 nitrogen and oxygen atoms in total. The fraction of sp³-hybridized carbons (Fsp3) is 0.308. The summed E-state index contributed by atoms with van der Waals surface area (Å²) >= 11 is 5.96. The van der Waals surface area contributed by atoms with Crippen LogP contribution < -0.4 is 11.1 Å². The molecule has 0 radical (unpaired) electrons. The van der Waals surface area contributed by atoms with Gasteiger partial charge in [-0.1, -0.05) is 24.6 Å². The average molecular weight is 265 g/mol. The van der Waals surface area contributed by atoms with Gasteiger partial charge in [0.1, 0.15) is 0 Å². The third-order valence-corrected chi connectivity index (χ3v) is 2.93. The van der Waals surface area contributed by atoms with Crippen molar-refractivity contribution in [2.24, 2.45) is 0 Å². The van der Waals surface area contributed by atoms with Crippen molar-refractivity contribution in [3.05, 3.63) is 35.0 Å². The van der Waals surface area contributed by atoms with Crippen molar-refractivity contribution in [1.82, 2.24) is 9.78 Å². The first-order valence-electron chi connectivity index (χ1n) is 5.97. The van der Waals surface area contributed by atoms with Crippen LogP contribution in [0.4, 0.5) is 17.2 Å². The highest BCUT2D eigenvalue weighted by molar-refractivity contribution is 6.30. The summed E-state index contributed by atoms with van der Waals surface area (Å²) in [5.74, 6) is 0.830. The second-order valence-electron chi connectivity index (χ2n) is 4.21. The summed E-state index contributed by atoms with van der Waals surface area (Å²) in [6.45, 7) is 4.85. The van der Waals surface area contributed by atoms with Crippen molar-refractivity contribution in [2.75, 3.05) is 11.1 Å². The number of nitrogens with zero attached hydrogens (tertiary/aromatic N) is 2. The summed E-state index contributed by atoms with van der Waals surface area (Å²) in [7, 11) is 0. The summed E-state index contributed by atoms with van der Waals surface area (Å²) in [5.41, 5.74) is 8.47. The summed E-state index contributed by atoms with van der Waals surface area (Å²) in [6, 6.07) is 7.54. The van der Waals surface area contributed by atoms with Crippen LogP contribution in [0.5, 0.6) is 0 Å². The molecule has 0 spiro atoms. The van der Waals surface area contributed by atoms with Crippen LogP contribution in [-0.4, -0.2) is 9.78 Å². The van der Waals surface area contributed by atoms with Crippen molar-refractivity contribution in [2.45, 2.75) is 26.8 Å². The Morgan fingerprint density at radius 1 is 1.44 bits per heavy atom. The molecule has 0 bridgehead atoms. The molecular formula is C13H17ClN4. The van der Waals surface area contributed by atoms with E-state index in [9.17, 15) is 0 Å². The van der Waals surface area contributed by atoms with E-state index in [1.54, 1.807) is 0 Å². The van der Waals surface area contributed by atoms with E-state index in [0.29, 0.717) is 10.7 Å². The number of aryl methyl sites for hydroxylation is 2. The van der Waals surface area contributed by atoms with E-state index >= 15 is 0 Å². The van der Waals surface area contributed by atoms with Crippen molar-refractivity contribution >= 4 is 28.8 Å². The van der Waals surface area contributed by atoms with Gasteiger partial charge in [-0.05, 0) is 31.5 Å². The zero-order chi connectivity index (χ0) is 13.1. The summed E-state index contributed by atoms with van der Waals surface area (Å²) < 4.78 is 1.89. The lowest BCUT2D eigenvalue weighted by Crippen LogP contribution is -2.05. The van der Waals surface area contributed by atoms with Gasteiger partial charge in [0.2, 0.25) is 0 Å². The Morgan fingerprint density at radius 3 is 2.89 bits per heavy atom. The first kappa shape index (κ1) is 12.8. The van der Waals surface area contributed by atoms with Gasteiger partial charge in [-0.25, -0.2) is 4.68 Å². The maximum absolute atomic E-state index is 6.04. The zero-order valence-corrected chi connectivity index (χ0v) is 11.3. The molecule has 0 amide bonds. The van der Waals surface area contributed by atoms with Crippen LogP contribution in [0.3, 0.4) is 0 Å². The Labute approximate surface area is 112 Å². The van der Waals surface area contributed by atoms with Crippen molar-refractivity contribution in [1.29, 1.82) is 0 Å². The fourth-order valence-corrected chi connectivity index (χ4v) is 1.99. The number of hydrogen-bond acceptors (Lipinski definition) is 3. The number of nitrogen functional groups attached to an aromatic ring is 1. The third kappa shape index (κ3) is 2.59. The normalized spacial score (nSPS) is 10.6. The fourth-order valence-electron chi connectivity index (χ4n) is 1.80. The molecule has 96 valence electrons. The standard InChI is InChI=1S/C13H17ClN4/c1-3-7-18-13(12(15)9(2)17-18)16-11-6-4-5-10(14)8-11/h4-6,8,16H,3,7,15H2,1-2H3. The maximum atomic E-state index is 6.04. The number of hydrogen-bond donors (Lipinski definition) is 2. The van der Waals surface area contributed by atoms with Gasteiger partial charge in [-0.15, -0.1) is 0 Å². The highest BCUT2D eigenvalue weighted by Crippen LogP contribution is 2.27. The zero-order valence-electron chi connectivity index (χ0n) is 10.6. The molecule has 0 saturated heterocycles. The van der Waals surface area contributed by atoms with E-state index in [1.807, 2.05) is 35.9 Å². The molecule has 0 unspecified atom stereocenters. The van der Waals surface area contributed by atoms with E-state index in [0.717, 1.165) is 30.2 Å². The number of rotatable bonds is 4. The summed E-state index contributed by atoms with van der Waals surface area (Å²) in [6.07, 6.45) is 1.00.